The van der Waals surface area contributed by atoms with Crippen LogP contribution < -0.4 is 16.6 Å². The van der Waals surface area contributed by atoms with Gasteiger partial charge in [-0.15, -0.1) is 0 Å². The number of aryl methyl sites for hydroxylation is 1. The second kappa shape index (κ2) is 8.36. The summed E-state index contributed by atoms with van der Waals surface area (Å²) in [4.78, 5) is 51.1. The molecule has 11 heteroatoms. The summed E-state index contributed by atoms with van der Waals surface area (Å²) in [5, 5.41) is 2.73. The van der Waals surface area contributed by atoms with Crippen molar-refractivity contribution in [3.05, 3.63) is 56.4 Å². The minimum absolute atomic E-state index is 0.0547. The third kappa shape index (κ3) is 4.41. The van der Waals surface area contributed by atoms with Gasteiger partial charge in [0.15, 0.2) is 10.7 Å². The minimum atomic E-state index is -4.19. The normalized spacial score (nSPS) is 17.5. The summed E-state index contributed by atoms with van der Waals surface area (Å²) < 4.78 is 27.1. The first-order valence-corrected chi connectivity index (χ1v) is 10.8. The number of Topliss-reactive ketones (excluding diaryl/α,β-unsaturated/α-hetero) is 1. The number of aromatic amines is 2. The number of H-pyrrole nitrogens is 2. The largest absolute Gasteiger partial charge is 0.326 e. The second-order valence-electron chi connectivity index (χ2n) is 7.19. The lowest BCUT2D eigenvalue weighted by Crippen LogP contribution is -2.45. The molecule has 2 heterocycles. The topological polar surface area (TPSA) is 149 Å². The molecule has 1 saturated heterocycles. The lowest BCUT2D eigenvalue weighted by atomic mass is 9.98. The van der Waals surface area contributed by atoms with Crippen LogP contribution in [0.3, 0.4) is 0 Å². The number of benzene rings is 1. The van der Waals surface area contributed by atoms with E-state index in [1.807, 2.05) is 4.98 Å². The summed E-state index contributed by atoms with van der Waals surface area (Å²) in [7, 11) is -4.19. The maximum atomic E-state index is 13.0. The van der Waals surface area contributed by atoms with Gasteiger partial charge in [-0.2, -0.15) is 4.31 Å². The van der Waals surface area contributed by atoms with E-state index in [1.165, 1.54) is 13.8 Å². The smallest absolute Gasteiger partial charge is 0.325 e. The molecule has 0 radical (unpaired) electrons. The van der Waals surface area contributed by atoms with Crippen molar-refractivity contribution in [3.63, 3.8) is 0 Å². The van der Waals surface area contributed by atoms with Gasteiger partial charge in [0.05, 0.1) is 5.92 Å². The Hall–Kier alpha value is -3.05. The van der Waals surface area contributed by atoms with Crippen molar-refractivity contribution in [2.24, 2.45) is 5.92 Å². The molecule has 2 aromatic rings. The summed E-state index contributed by atoms with van der Waals surface area (Å²) in [6, 6.07) is 6.41. The fourth-order valence-corrected chi connectivity index (χ4v) is 5.16. The predicted octanol–water partition coefficient (Wildman–Crippen LogP) is 0.614. The van der Waals surface area contributed by atoms with Crippen molar-refractivity contribution in [3.8, 4) is 0 Å². The molecule has 1 aromatic carbocycles. The Labute approximate surface area is 172 Å². The molecule has 1 aliphatic rings. The number of amides is 1. The summed E-state index contributed by atoms with van der Waals surface area (Å²) in [6.07, 6.45) is 0.936. The quantitative estimate of drug-likeness (QED) is 0.587. The van der Waals surface area contributed by atoms with Crippen molar-refractivity contribution in [2.75, 3.05) is 18.4 Å². The molecule has 0 aliphatic carbocycles. The average Bonchev–Trinajstić information content (AvgIpc) is 2.67. The van der Waals surface area contributed by atoms with E-state index in [0.29, 0.717) is 24.1 Å². The molecule has 1 fully saturated rings. The number of aromatic nitrogens is 2. The predicted molar refractivity (Wildman–Crippen MR) is 109 cm³/mol. The number of hydrogen-bond acceptors (Lipinski definition) is 6. The summed E-state index contributed by atoms with van der Waals surface area (Å²) in [6.45, 7) is 2.86. The van der Waals surface area contributed by atoms with Crippen LogP contribution in [0.25, 0.3) is 0 Å². The summed E-state index contributed by atoms with van der Waals surface area (Å²) >= 11 is 0. The average molecular weight is 434 g/mol. The van der Waals surface area contributed by atoms with E-state index in [-0.39, 0.29) is 30.5 Å². The third-order valence-corrected chi connectivity index (χ3v) is 7.01. The van der Waals surface area contributed by atoms with Crippen molar-refractivity contribution < 1.29 is 18.0 Å². The first-order chi connectivity index (χ1) is 14.1. The fourth-order valence-electron chi connectivity index (χ4n) is 3.44. The fraction of sp³-hybridized carbons (Fsp3) is 0.368. The van der Waals surface area contributed by atoms with Crippen LogP contribution in [0.2, 0.25) is 0 Å². The lowest BCUT2D eigenvalue weighted by Gasteiger charge is -2.31. The molecule has 0 bridgehead atoms. The molecule has 3 N–H and O–H groups in total. The van der Waals surface area contributed by atoms with E-state index in [9.17, 15) is 27.6 Å². The van der Waals surface area contributed by atoms with E-state index in [0.717, 1.165) is 4.31 Å². The van der Waals surface area contributed by atoms with E-state index < -0.39 is 32.1 Å². The maximum absolute atomic E-state index is 13.0. The highest BCUT2D eigenvalue weighted by atomic mass is 32.2. The van der Waals surface area contributed by atoms with Gasteiger partial charge in [-0.3, -0.25) is 19.4 Å². The molecule has 0 saturated carbocycles. The molecular formula is C19H22N4O6S. The summed E-state index contributed by atoms with van der Waals surface area (Å²) in [5.41, 5.74) is -0.820. The number of carbonyl (C=O) groups is 2. The van der Waals surface area contributed by atoms with Gasteiger partial charge in [-0.25, -0.2) is 13.2 Å². The van der Waals surface area contributed by atoms with Gasteiger partial charge in [0, 0.05) is 30.0 Å². The first kappa shape index (κ1) is 21.7. The van der Waals surface area contributed by atoms with Crippen molar-refractivity contribution in [1.82, 2.24) is 14.3 Å². The highest BCUT2D eigenvalue weighted by molar-refractivity contribution is 7.89. The highest BCUT2D eigenvalue weighted by Crippen LogP contribution is 2.24. The van der Waals surface area contributed by atoms with E-state index >= 15 is 0 Å². The number of nitrogens with one attached hydrogen (secondary N) is 3. The number of piperidine rings is 1. The SMILES string of the molecule is CC(=O)c1ccc(NC(=O)[C@H]2CCCN(S(=O)(=O)c3c(C)[nH]c(=O)[nH]c3=O)C2)cc1. The third-order valence-electron chi connectivity index (χ3n) is 4.99. The monoisotopic (exact) mass is 434 g/mol. The Morgan fingerprint density at radius 3 is 2.40 bits per heavy atom. The van der Waals surface area contributed by atoms with Crippen LogP contribution in [0.5, 0.6) is 0 Å². The summed E-state index contributed by atoms with van der Waals surface area (Å²) in [5.74, 6) is -1.05. The van der Waals surface area contributed by atoms with Gasteiger partial charge in [-0.05, 0) is 51.0 Å². The Morgan fingerprint density at radius 2 is 1.80 bits per heavy atom. The van der Waals surface area contributed by atoms with Crippen LogP contribution in [0, 0.1) is 12.8 Å². The van der Waals surface area contributed by atoms with Crippen molar-refractivity contribution in [1.29, 1.82) is 0 Å². The Balaban J connectivity index is 1.78. The Morgan fingerprint density at radius 1 is 1.13 bits per heavy atom. The van der Waals surface area contributed by atoms with Gasteiger partial charge >= 0.3 is 5.69 Å². The van der Waals surface area contributed by atoms with Crippen LogP contribution in [-0.4, -0.2) is 47.5 Å². The van der Waals surface area contributed by atoms with E-state index in [4.69, 9.17) is 0 Å². The van der Waals surface area contributed by atoms with Gasteiger partial charge < -0.3 is 10.3 Å². The molecule has 0 spiro atoms. The van der Waals surface area contributed by atoms with Gasteiger partial charge in [0.25, 0.3) is 5.56 Å². The number of rotatable bonds is 5. The zero-order valence-corrected chi connectivity index (χ0v) is 17.3. The molecule has 160 valence electrons. The molecular weight excluding hydrogens is 412 g/mol. The molecule has 30 heavy (non-hydrogen) atoms. The Bertz CT molecular complexity index is 1200. The van der Waals surface area contributed by atoms with Crippen molar-refractivity contribution >= 4 is 27.4 Å². The number of anilines is 1. The first-order valence-electron chi connectivity index (χ1n) is 9.35. The van der Waals surface area contributed by atoms with Gasteiger partial charge in [0.2, 0.25) is 15.9 Å². The molecule has 1 aliphatic heterocycles. The zero-order valence-electron chi connectivity index (χ0n) is 16.5. The van der Waals surface area contributed by atoms with Gasteiger partial charge in [-0.1, -0.05) is 0 Å². The van der Waals surface area contributed by atoms with Crippen LogP contribution in [0.15, 0.2) is 38.8 Å². The molecule has 1 aromatic heterocycles. The van der Waals surface area contributed by atoms with Crippen LogP contribution in [-0.2, 0) is 14.8 Å². The Kier molecular flexibility index (Phi) is 6.04. The number of carbonyl (C=O) groups excluding carboxylic acids is 2. The van der Waals surface area contributed by atoms with Crippen LogP contribution >= 0.6 is 0 Å². The number of nitrogens with zero attached hydrogens (tertiary/aromatic N) is 1. The molecule has 1 amide bonds. The molecule has 1 atom stereocenters. The number of ketones is 1. The van der Waals surface area contributed by atoms with Crippen molar-refractivity contribution in [2.45, 2.75) is 31.6 Å². The van der Waals surface area contributed by atoms with E-state index in [1.54, 1.807) is 24.3 Å². The van der Waals surface area contributed by atoms with E-state index in [2.05, 4.69) is 10.3 Å². The van der Waals surface area contributed by atoms with Crippen LogP contribution in [0.4, 0.5) is 5.69 Å². The minimum Gasteiger partial charge on any atom is -0.326 e. The molecule has 0 unspecified atom stereocenters. The van der Waals surface area contributed by atoms with Gasteiger partial charge in [0.1, 0.15) is 0 Å². The number of hydrogen-bond donors (Lipinski definition) is 3. The zero-order chi connectivity index (χ0) is 22.1. The maximum Gasteiger partial charge on any atom is 0.325 e. The highest BCUT2D eigenvalue weighted by Gasteiger charge is 2.35. The van der Waals surface area contributed by atoms with Crippen LogP contribution in [0.1, 0.15) is 35.8 Å². The number of sulfonamides is 1. The molecule has 3 rings (SSSR count). The second-order valence-corrected chi connectivity index (χ2v) is 9.06. The standard InChI is InChI=1S/C19H22N4O6S/c1-11-16(18(26)22-19(27)20-11)30(28,29)23-9-3-4-14(10-23)17(25)21-15-7-5-13(6-8-15)12(2)24/h5-8,14H,3-4,9-10H2,1-2H3,(H,21,25)(H2,20,22,26,27)/t14-/m0/s1. The lowest BCUT2D eigenvalue weighted by molar-refractivity contribution is -0.120. The molecule has 10 nitrogen and oxygen atoms in total.